The summed E-state index contributed by atoms with van der Waals surface area (Å²) in [7, 11) is 0. The van der Waals surface area contributed by atoms with Gasteiger partial charge in [0.1, 0.15) is 0 Å². The summed E-state index contributed by atoms with van der Waals surface area (Å²) in [6.07, 6.45) is 3.55. The van der Waals surface area contributed by atoms with Crippen molar-refractivity contribution in [3.63, 3.8) is 0 Å². The molecule has 0 atom stereocenters. The molecule has 72 valence electrons. The summed E-state index contributed by atoms with van der Waals surface area (Å²) >= 11 is 0. The van der Waals surface area contributed by atoms with Crippen molar-refractivity contribution >= 4 is 43.7 Å². The van der Waals surface area contributed by atoms with Gasteiger partial charge in [-0.1, -0.05) is 26.7 Å². The molecule has 4 heteroatoms. The molecule has 0 fully saturated rings. The maximum atomic E-state index is 9.37. The van der Waals surface area contributed by atoms with Crippen LogP contribution in [0.15, 0.2) is 0 Å². The van der Waals surface area contributed by atoms with Gasteiger partial charge in [0.05, 0.1) is 0 Å². The molecule has 0 amide bonds. The number of aliphatic carboxylic acids is 1. The van der Waals surface area contributed by atoms with E-state index in [0.29, 0.717) is 6.61 Å². The van der Waals surface area contributed by atoms with Crippen LogP contribution in [0, 0.1) is 0 Å². The van der Waals surface area contributed by atoms with Crippen molar-refractivity contribution in [2.75, 3.05) is 6.61 Å². The summed E-state index contributed by atoms with van der Waals surface area (Å²) in [6.45, 7) is 4.08. The van der Waals surface area contributed by atoms with Gasteiger partial charge < -0.3 is 10.2 Å². The van der Waals surface area contributed by atoms with Crippen LogP contribution in [-0.4, -0.2) is 60.5 Å². The fourth-order valence-corrected chi connectivity index (χ4v) is 0.362. The second kappa shape index (κ2) is 17.7. The van der Waals surface area contributed by atoms with Gasteiger partial charge in [-0.2, -0.15) is 0 Å². The molecule has 0 saturated heterocycles. The Morgan fingerprint density at radius 3 is 1.75 bits per heavy atom. The van der Waals surface area contributed by atoms with Crippen molar-refractivity contribution in [3.05, 3.63) is 0 Å². The number of carbonyl (C=O) groups is 1. The van der Waals surface area contributed by atoms with E-state index >= 15 is 0 Å². The van der Waals surface area contributed by atoms with Gasteiger partial charge in [0.25, 0.3) is 0 Å². The number of aliphatic hydroxyl groups excluding tert-OH is 1. The summed E-state index contributed by atoms with van der Waals surface area (Å²) in [4.78, 5) is 9.37. The molecule has 0 aliphatic carbocycles. The minimum atomic E-state index is -0.745. The molecule has 0 bridgehead atoms. The third kappa shape index (κ3) is 31.0. The maximum absolute atomic E-state index is 9.37. The van der Waals surface area contributed by atoms with Crippen molar-refractivity contribution in [2.45, 2.75) is 39.5 Å². The quantitative estimate of drug-likeness (QED) is 0.524. The molecular weight excluding hydrogens is 184 g/mol. The molecule has 0 aromatic rings. The van der Waals surface area contributed by atoms with Crippen molar-refractivity contribution in [1.82, 2.24) is 0 Å². The van der Waals surface area contributed by atoms with Crippen LogP contribution in [0.5, 0.6) is 0 Å². The first-order valence-electron chi connectivity index (χ1n) is 4.01. The molecule has 0 aliphatic rings. The van der Waals surface area contributed by atoms with Gasteiger partial charge in [-0.15, -0.1) is 0 Å². The molecule has 0 heterocycles. The third-order valence-corrected chi connectivity index (χ3v) is 1.06. The molecule has 0 aromatic carbocycles. The Balaban J connectivity index is -0.000000126. The average molecular weight is 204 g/mol. The van der Waals surface area contributed by atoms with E-state index in [-0.39, 0.29) is 44.2 Å². The number of aliphatic hydroxyl groups is 1. The van der Waals surface area contributed by atoms with Crippen molar-refractivity contribution in [3.8, 4) is 0 Å². The van der Waals surface area contributed by atoms with Crippen molar-refractivity contribution < 1.29 is 15.0 Å². The fraction of sp³-hybridized carbons (Fsp3) is 0.875. The van der Waals surface area contributed by atoms with Crippen LogP contribution >= 0.6 is 0 Å². The minimum absolute atomic E-state index is 0. The summed E-state index contributed by atoms with van der Waals surface area (Å²) in [5, 5.41) is 15.9. The number of hydrogen-bond donors (Lipinski definition) is 2. The van der Waals surface area contributed by atoms with Crippen LogP contribution in [-0.2, 0) is 4.79 Å². The molecule has 12 heavy (non-hydrogen) atoms. The molecular formula is C8H20CaO3. The number of unbranched alkanes of at least 4 members (excludes halogenated alkanes) is 2. The zero-order chi connectivity index (χ0) is 9.11. The molecule has 3 nitrogen and oxygen atoms in total. The average Bonchev–Trinajstić information content (AvgIpc) is 2.02. The number of rotatable bonds is 4. The van der Waals surface area contributed by atoms with E-state index in [2.05, 4.69) is 6.92 Å². The second-order valence-corrected chi connectivity index (χ2v) is 2.18. The first-order valence-corrected chi connectivity index (χ1v) is 4.01. The van der Waals surface area contributed by atoms with Crippen molar-refractivity contribution in [2.24, 2.45) is 0 Å². The monoisotopic (exact) mass is 204 g/mol. The molecule has 0 aromatic heterocycles. The van der Waals surface area contributed by atoms with E-state index in [9.17, 15) is 4.79 Å². The fourth-order valence-electron chi connectivity index (χ4n) is 0.362. The van der Waals surface area contributed by atoms with Crippen LogP contribution in [0.1, 0.15) is 39.5 Å². The molecule has 0 aliphatic heterocycles. The van der Waals surface area contributed by atoms with Gasteiger partial charge >= 0.3 is 43.7 Å². The number of carboxylic acids is 1. The summed E-state index contributed by atoms with van der Waals surface area (Å²) in [5.41, 5.74) is 0. The molecule has 0 saturated carbocycles. The van der Waals surface area contributed by atoms with Gasteiger partial charge in [0.15, 0.2) is 0 Å². The Morgan fingerprint density at radius 2 is 1.67 bits per heavy atom. The predicted octanol–water partition coefficient (Wildman–Crippen LogP) is 0.734. The zero-order valence-corrected chi connectivity index (χ0v) is 7.34. The molecule has 0 unspecified atom stereocenters. The Bertz CT molecular complexity index is 82.4. The Hall–Kier alpha value is 0.690. The van der Waals surface area contributed by atoms with Gasteiger partial charge in [-0.05, 0) is 6.42 Å². The molecule has 0 radical (unpaired) electrons. The van der Waals surface area contributed by atoms with E-state index < -0.39 is 5.97 Å². The normalized spacial score (nSPS) is 7.58. The molecule has 0 rings (SSSR count). The predicted molar refractivity (Wildman–Crippen MR) is 53.1 cm³/mol. The van der Waals surface area contributed by atoms with Crippen LogP contribution in [0.3, 0.4) is 0 Å². The third-order valence-electron chi connectivity index (χ3n) is 1.06. The van der Waals surface area contributed by atoms with Gasteiger partial charge in [-0.3, -0.25) is 4.79 Å². The van der Waals surface area contributed by atoms with Crippen molar-refractivity contribution in [1.29, 1.82) is 0 Å². The van der Waals surface area contributed by atoms with Crippen LogP contribution < -0.4 is 0 Å². The topological polar surface area (TPSA) is 57.5 Å². The summed E-state index contributed by atoms with van der Waals surface area (Å²) in [5.74, 6) is -0.745. The summed E-state index contributed by atoms with van der Waals surface area (Å²) in [6, 6.07) is 0. The second-order valence-electron chi connectivity index (χ2n) is 2.18. The van der Waals surface area contributed by atoms with Gasteiger partial charge in [0.2, 0.25) is 0 Å². The Kier molecular flexibility index (Phi) is 27.2. The number of carboxylic acid groups (broad SMARTS) is 1. The standard InChI is InChI=1S/C5H12O.C3H6O2.Ca.2H/c1-2-3-4-5-6;1-2-3(4)5;;;/h6H,2-5H2,1H3;2H2,1H3,(H,4,5);;;. The van der Waals surface area contributed by atoms with E-state index in [1.165, 1.54) is 6.42 Å². The van der Waals surface area contributed by atoms with Gasteiger partial charge in [-0.25, -0.2) is 0 Å². The zero-order valence-electron chi connectivity index (χ0n) is 7.34. The molecule has 2 N–H and O–H groups in total. The van der Waals surface area contributed by atoms with E-state index in [1.54, 1.807) is 6.92 Å². The van der Waals surface area contributed by atoms with E-state index in [0.717, 1.165) is 12.8 Å². The van der Waals surface area contributed by atoms with Crippen LogP contribution in [0.2, 0.25) is 0 Å². The summed E-state index contributed by atoms with van der Waals surface area (Å²) < 4.78 is 0. The van der Waals surface area contributed by atoms with Crippen LogP contribution in [0.4, 0.5) is 0 Å². The van der Waals surface area contributed by atoms with E-state index in [1.807, 2.05) is 0 Å². The first kappa shape index (κ1) is 18.5. The van der Waals surface area contributed by atoms with E-state index in [4.69, 9.17) is 10.2 Å². The van der Waals surface area contributed by atoms with Gasteiger partial charge in [0, 0.05) is 13.0 Å². The Labute approximate surface area is 104 Å². The van der Waals surface area contributed by atoms with Crippen LogP contribution in [0.25, 0.3) is 0 Å². The number of hydrogen-bond acceptors (Lipinski definition) is 2. The SMILES string of the molecule is CCC(=O)O.CCCCCO.[CaH2]. The first-order chi connectivity index (χ1) is 5.18. The Morgan fingerprint density at radius 1 is 1.25 bits per heavy atom. The molecule has 0 spiro atoms.